The van der Waals surface area contributed by atoms with Gasteiger partial charge in [0.25, 0.3) is 0 Å². The average molecular weight is 441 g/mol. The molecule has 3 N–H and O–H groups in total. The monoisotopic (exact) mass is 440 g/mol. The van der Waals surface area contributed by atoms with E-state index >= 15 is 0 Å². The lowest BCUT2D eigenvalue weighted by molar-refractivity contribution is -0.136. The van der Waals surface area contributed by atoms with Gasteiger partial charge in [-0.1, -0.05) is 12.1 Å². The zero-order valence-electron chi connectivity index (χ0n) is 18.2. The minimum Gasteiger partial charge on any atom is -0.497 e. The molecule has 0 aliphatic carbocycles. The number of hydrogen-bond acceptors (Lipinski definition) is 5. The molecule has 0 spiro atoms. The maximum absolute atomic E-state index is 12.5. The Morgan fingerprint density at radius 2 is 1.59 bits per heavy atom. The minimum absolute atomic E-state index is 0.184. The number of carbonyl (C=O) groups excluding carboxylic acids is 3. The van der Waals surface area contributed by atoms with Crippen molar-refractivity contribution in [2.75, 3.05) is 44.5 Å². The SMILES string of the molecule is COc1ccc(NC(=O)C(=O)NCC2CCN(C(=O)Nc3ccccc3OC)CC2)cc1. The van der Waals surface area contributed by atoms with Crippen molar-refractivity contribution in [1.82, 2.24) is 10.2 Å². The third-order valence-electron chi connectivity index (χ3n) is 5.36. The highest BCUT2D eigenvalue weighted by Crippen LogP contribution is 2.24. The fourth-order valence-corrected chi connectivity index (χ4v) is 3.46. The van der Waals surface area contributed by atoms with Crippen LogP contribution in [0.3, 0.4) is 0 Å². The smallest absolute Gasteiger partial charge is 0.321 e. The molecular weight excluding hydrogens is 412 g/mol. The molecule has 0 saturated carbocycles. The van der Waals surface area contributed by atoms with Crippen LogP contribution in [0, 0.1) is 5.92 Å². The number of para-hydroxylation sites is 2. The summed E-state index contributed by atoms with van der Waals surface area (Å²) in [6.07, 6.45) is 1.47. The summed E-state index contributed by atoms with van der Waals surface area (Å²) in [5.41, 5.74) is 1.14. The lowest BCUT2D eigenvalue weighted by Gasteiger charge is -2.32. The molecule has 170 valence electrons. The molecule has 0 unspecified atom stereocenters. The maximum atomic E-state index is 12.5. The number of nitrogens with one attached hydrogen (secondary N) is 3. The molecule has 0 radical (unpaired) electrons. The molecule has 1 fully saturated rings. The topological polar surface area (TPSA) is 109 Å². The first-order chi connectivity index (χ1) is 15.5. The summed E-state index contributed by atoms with van der Waals surface area (Å²) in [6, 6.07) is 13.8. The largest absolute Gasteiger partial charge is 0.497 e. The Morgan fingerprint density at radius 1 is 0.906 bits per heavy atom. The molecule has 0 aromatic heterocycles. The standard InChI is InChI=1S/C23H28N4O5/c1-31-18-9-7-17(8-10-18)25-22(29)21(28)24-15-16-11-13-27(14-12-16)23(30)26-19-5-3-4-6-20(19)32-2/h3-10,16H,11-15H2,1-2H3,(H,24,28)(H,25,29)(H,26,30). The lowest BCUT2D eigenvalue weighted by Crippen LogP contribution is -2.44. The van der Waals surface area contributed by atoms with E-state index in [0.29, 0.717) is 42.5 Å². The molecule has 2 aromatic carbocycles. The van der Waals surface area contributed by atoms with Gasteiger partial charge in [0.05, 0.1) is 19.9 Å². The van der Waals surface area contributed by atoms with Gasteiger partial charge in [0.1, 0.15) is 11.5 Å². The molecule has 1 saturated heterocycles. The van der Waals surface area contributed by atoms with Gasteiger partial charge in [-0.15, -0.1) is 0 Å². The quantitative estimate of drug-likeness (QED) is 0.599. The molecule has 1 aliphatic rings. The van der Waals surface area contributed by atoms with Gasteiger partial charge in [-0.2, -0.15) is 0 Å². The van der Waals surface area contributed by atoms with Crippen LogP contribution < -0.4 is 25.4 Å². The number of benzene rings is 2. The summed E-state index contributed by atoms with van der Waals surface area (Å²) in [5.74, 6) is 0.0609. The highest BCUT2D eigenvalue weighted by molar-refractivity contribution is 6.39. The number of methoxy groups -OCH3 is 2. The van der Waals surface area contributed by atoms with Gasteiger partial charge in [0.15, 0.2) is 0 Å². The number of piperidine rings is 1. The molecule has 32 heavy (non-hydrogen) atoms. The highest BCUT2D eigenvalue weighted by atomic mass is 16.5. The average Bonchev–Trinajstić information content (AvgIpc) is 2.83. The Bertz CT molecular complexity index is 940. The third-order valence-corrected chi connectivity index (χ3v) is 5.36. The number of amides is 4. The number of anilines is 2. The third kappa shape index (κ3) is 6.13. The molecule has 9 nitrogen and oxygen atoms in total. The van der Waals surface area contributed by atoms with Crippen LogP contribution >= 0.6 is 0 Å². The Balaban J connectivity index is 1.40. The number of ether oxygens (including phenoxy) is 2. The number of likely N-dealkylation sites (tertiary alicyclic amines) is 1. The van der Waals surface area contributed by atoms with Crippen molar-refractivity contribution in [2.45, 2.75) is 12.8 Å². The van der Waals surface area contributed by atoms with Gasteiger partial charge in [-0.25, -0.2) is 4.79 Å². The Morgan fingerprint density at radius 3 is 2.25 bits per heavy atom. The predicted molar refractivity (Wildman–Crippen MR) is 121 cm³/mol. The van der Waals surface area contributed by atoms with Crippen molar-refractivity contribution in [3.63, 3.8) is 0 Å². The fraction of sp³-hybridized carbons (Fsp3) is 0.348. The van der Waals surface area contributed by atoms with Crippen molar-refractivity contribution in [2.24, 2.45) is 5.92 Å². The van der Waals surface area contributed by atoms with Gasteiger partial charge < -0.3 is 30.3 Å². The van der Waals surface area contributed by atoms with Crippen LogP contribution in [-0.2, 0) is 9.59 Å². The summed E-state index contributed by atoms with van der Waals surface area (Å²) in [5, 5.41) is 8.11. The van der Waals surface area contributed by atoms with E-state index in [2.05, 4.69) is 16.0 Å². The zero-order chi connectivity index (χ0) is 22.9. The second-order valence-electron chi connectivity index (χ2n) is 7.45. The van der Waals surface area contributed by atoms with E-state index in [-0.39, 0.29) is 11.9 Å². The summed E-state index contributed by atoms with van der Waals surface area (Å²) in [7, 11) is 3.11. The first kappa shape index (κ1) is 22.9. The van der Waals surface area contributed by atoms with Crippen LogP contribution in [0.5, 0.6) is 11.5 Å². The van der Waals surface area contributed by atoms with Crippen molar-refractivity contribution < 1.29 is 23.9 Å². The van der Waals surface area contributed by atoms with Gasteiger partial charge >= 0.3 is 17.8 Å². The van der Waals surface area contributed by atoms with Crippen molar-refractivity contribution in [3.05, 3.63) is 48.5 Å². The highest BCUT2D eigenvalue weighted by Gasteiger charge is 2.24. The molecule has 0 atom stereocenters. The summed E-state index contributed by atoms with van der Waals surface area (Å²) in [6.45, 7) is 1.52. The first-order valence-corrected chi connectivity index (χ1v) is 10.4. The number of carbonyl (C=O) groups is 3. The fourth-order valence-electron chi connectivity index (χ4n) is 3.46. The van der Waals surface area contributed by atoms with Crippen LogP contribution in [0.1, 0.15) is 12.8 Å². The Hall–Kier alpha value is -3.75. The summed E-state index contributed by atoms with van der Waals surface area (Å²) in [4.78, 5) is 38.5. The molecule has 9 heteroatoms. The molecule has 3 rings (SSSR count). The number of urea groups is 1. The van der Waals surface area contributed by atoms with Crippen LogP contribution in [0.25, 0.3) is 0 Å². The Kier molecular flexibility index (Phi) is 7.91. The van der Waals surface area contributed by atoms with Crippen LogP contribution in [-0.4, -0.2) is 56.6 Å². The first-order valence-electron chi connectivity index (χ1n) is 10.4. The van der Waals surface area contributed by atoms with Crippen molar-refractivity contribution in [1.29, 1.82) is 0 Å². The normalized spacial score (nSPS) is 13.8. The van der Waals surface area contributed by atoms with Crippen LogP contribution in [0.15, 0.2) is 48.5 Å². The number of nitrogens with zero attached hydrogens (tertiary/aromatic N) is 1. The number of rotatable bonds is 6. The zero-order valence-corrected chi connectivity index (χ0v) is 18.2. The molecule has 2 aromatic rings. The van der Waals surface area contributed by atoms with Crippen LogP contribution in [0.2, 0.25) is 0 Å². The van der Waals surface area contributed by atoms with E-state index in [4.69, 9.17) is 9.47 Å². The second-order valence-corrected chi connectivity index (χ2v) is 7.45. The van der Waals surface area contributed by atoms with Crippen LogP contribution in [0.4, 0.5) is 16.2 Å². The second kappa shape index (κ2) is 11.0. The predicted octanol–water partition coefficient (Wildman–Crippen LogP) is 2.70. The van der Waals surface area contributed by atoms with Gasteiger partial charge in [-0.05, 0) is 55.2 Å². The van der Waals surface area contributed by atoms with E-state index in [1.54, 1.807) is 55.5 Å². The lowest BCUT2D eigenvalue weighted by atomic mass is 9.97. The van der Waals surface area contributed by atoms with E-state index in [0.717, 1.165) is 12.8 Å². The van der Waals surface area contributed by atoms with Gasteiger partial charge in [0, 0.05) is 25.3 Å². The molecule has 1 aliphatic heterocycles. The minimum atomic E-state index is -0.719. The Labute approximate surface area is 187 Å². The molecular formula is C23H28N4O5. The molecule has 0 bridgehead atoms. The van der Waals surface area contributed by atoms with Gasteiger partial charge in [-0.3, -0.25) is 9.59 Å². The van der Waals surface area contributed by atoms with E-state index < -0.39 is 11.8 Å². The van der Waals surface area contributed by atoms with E-state index in [9.17, 15) is 14.4 Å². The number of hydrogen-bond donors (Lipinski definition) is 3. The van der Waals surface area contributed by atoms with E-state index in [1.165, 1.54) is 0 Å². The van der Waals surface area contributed by atoms with Crippen molar-refractivity contribution >= 4 is 29.2 Å². The van der Waals surface area contributed by atoms with Crippen molar-refractivity contribution in [3.8, 4) is 11.5 Å². The molecule has 4 amide bonds. The van der Waals surface area contributed by atoms with Gasteiger partial charge in [0.2, 0.25) is 0 Å². The molecule has 1 heterocycles. The summed E-state index contributed by atoms with van der Waals surface area (Å²) < 4.78 is 10.3. The summed E-state index contributed by atoms with van der Waals surface area (Å²) >= 11 is 0. The van der Waals surface area contributed by atoms with E-state index in [1.807, 2.05) is 12.1 Å². The maximum Gasteiger partial charge on any atom is 0.321 e.